The number of aryl methyl sites for hydroxylation is 1. The smallest absolute Gasteiger partial charge is 0.118 e. The lowest BCUT2D eigenvalue weighted by Crippen LogP contribution is -1.90. The molecule has 0 radical (unpaired) electrons. The molecule has 13 heavy (non-hydrogen) atoms. The molecule has 0 heterocycles. The molecule has 3 heteroatoms. The Balaban J connectivity index is 2.75. The number of thiocarbonyl (C=S) groups is 1. The highest BCUT2D eigenvalue weighted by molar-refractivity contribution is 7.78. The Morgan fingerprint density at radius 1 is 1.54 bits per heavy atom. The lowest BCUT2D eigenvalue weighted by Gasteiger charge is -2.02. The molecule has 1 rings (SSSR count). The van der Waals surface area contributed by atoms with Crippen LogP contribution in [0, 0.1) is 6.92 Å². The molecule has 0 aliphatic carbocycles. The Morgan fingerprint density at radius 2 is 2.31 bits per heavy atom. The maximum atomic E-state index is 9.45. The lowest BCUT2D eigenvalue weighted by atomic mass is 10.1. The van der Waals surface area contributed by atoms with Crippen molar-refractivity contribution in [1.82, 2.24) is 0 Å². The monoisotopic (exact) mass is 193 g/mol. The van der Waals surface area contributed by atoms with Crippen molar-refractivity contribution in [2.45, 2.75) is 13.3 Å². The molecule has 0 atom stereocenters. The molecule has 0 unspecified atom stereocenters. The van der Waals surface area contributed by atoms with Gasteiger partial charge in [0.15, 0.2) is 0 Å². The van der Waals surface area contributed by atoms with Gasteiger partial charge in [0.05, 0.1) is 11.7 Å². The summed E-state index contributed by atoms with van der Waals surface area (Å²) in [5, 5.41) is 11.7. The summed E-state index contributed by atoms with van der Waals surface area (Å²) in [7, 11) is 0. The van der Waals surface area contributed by atoms with E-state index in [4.69, 9.17) is 0 Å². The zero-order valence-electron chi connectivity index (χ0n) is 7.45. The summed E-state index contributed by atoms with van der Waals surface area (Å²) in [4.78, 5) is 3.79. The molecule has 1 N–H and O–H groups in total. The number of phenols is 1. The van der Waals surface area contributed by atoms with Crippen molar-refractivity contribution in [3.63, 3.8) is 0 Å². The first kappa shape index (κ1) is 9.90. The van der Waals surface area contributed by atoms with Crippen molar-refractivity contribution >= 4 is 17.4 Å². The molecule has 68 valence electrons. The molecular weight excluding hydrogens is 182 g/mol. The minimum atomic E-state index is 0.324. The first-order valence-electron chi connectivity index (χ1n) is 4.06. The highest BCUT2D eigenvalue weighted by atomic mass is 32.1. The summed E-state index contributed by atoms with van der Waals surface area (Å²) in [5.74, 6) is 0.324. The van der Waals surface area contributed by atoms with Gasteiger partial charge < -0.3 is 5.11 Å². The zero-order chi connectivity index (χ0) is 9.68. The summed E-state index contributed by atoms with van der Waals surface area (Å²) < 4.78 is 0. The van der Waals surface area contributed by atoms with Crippen molar-refractivity contribution in [2.75, 3.05) is 6.54 Å². The van der Waals surface area contributed by atoms with Gasteiger partial charge in [-0.2, -0.15) is 0 Å². The number of aliphatic imine (C=N–C) groups is 1. The Bertz CT molecular complexity index is 343. The number of aromatic hydroxyl groups is 1. The topological polar surface area (TPSA) is 32.6 Å². The van der Waals surface area contributed by atoms with Gasteiger partial charge in [-0.15, -0.1) is 0 Å². The Morgan fingerprint density at radius 3 is 3.00 bits per heavy atom. The Hall–Kier alpha value is -1.18. The van der Waals surface area contributed by atoms with Crippen molar-refractivity contribution in [2.24, 2.45) is 4.99 Å². The van der Waals surface area contributed by atoms with Gasteiger partial charge in [0, 0.05) is 0 Å². The molecule has 0 spiro atoms. The summed E-state index contributed by atoms with van der Waals surface area (Å²) in [5.41, 5.74) is 2.05. The van der Waals surface area contributed by atoms with E-state index in [1.165, 1.54) is 0 Å². The molecular formula is C10H11NOS. The number of benzene rings is 1. The van der Waals surface area contributed by atoms with Crippen LogP contribution in [0.15, 0.2) is 23.2 Å². The first-order valence-corrected chi connectivity index (χ1v) is 4.47. The summed E-state index contributed by atoms with van der Waals surface area (Å²) in [6.07, 6.45) is 0.706. The predicted octanol–water partition coefficient (Wildman–Crippen LogP) is 2.35. The predicted molar refractivity (Wildman–Crippen MR) is 56.4 cm³/mol. The van der Waals surface area contributed by atoms with Gasteiger partial charge >= 0.3 is 0 Å². The van der Waals surface area contributed by atoms with Crippen molar-refractivity contribution in [1.29, 1.82) is 0 Å². The SMILES string of the molecule is Cc1ccc(O)c(CCN=C=S)c1. The first-order chi connectivity index (χ1) is 6.24. The fraction of sp³-hybridized carbons (Fsp3) is 0.300. The molecule has 0 aliphatic rings. The van der Waals surface area contributed by atoms with Crippen LogP contribution in [-0.2, 0) is 6.42 Å². The van der Waals surface area contributed by atoms with Gasteiger partial charge in [-0.1, -0.05) is 17.7 Å². The van der Waals surface area contributed by atoms with E-state index >= 15 is 0 Å². The van der Waals surface area contributed by atoms with Crippen molar-refractivity contribution in [3.05, 3.63) is 29.3 Å². The fourth-order valence-electron chi connectivity index (χ4n) is 1.14. The third kappa shape index (κ3) is 2.98. The van der Waals surface area contributed by atoms with E-state index in [1.54, 1.807) is 6.07 Å². The second-order valence-corrected chi connectivity index (χ2v) is 3.04. The van der Waals surface area contributed by atoms with E-state index in [2.05, 4.69) is 22.4 Å². The third-order valence-corrected chi connectivity index (χ3v) is 1.92. The molecule has 2 nitrogen and oxygen atoms in total. The Labute approximate surface area is 82.9 Å². The molecule has 0 saturated heterocycles. The van der Waals surface area contributed by atoms with Crippen LogP contribution in [0.5, 0.6) is 5.75 Å². The summed E-state index contributed by atoms with van der Waals surface area (Å²) in [6.45, 7) is 2.58. The summed E-state index contributed by atoms with van der Waals surface area (Å²) in [6, 6.07) is 5.53. The molecule has 0 fully saturated rings. The van der Waals surface area contributed by atoms with Gasteiger partial charge in [-0.3, -0.25) is 0 Å². The van der Waals surface area contributed by atoms with Crippen LogP contribution >= 0.6 is 12.2 Å². The second-order valence-electron chi connectivity index (χ2n) is 2.86. The van der Waals surface area contributed by atoms with Crippen LogP contribution in [0.1, 0.15) is 11.1 Å². The van der Waals surface area contributed by atoms with E-state index in [-0.39, 0.29) is 0 Å². The minimum Gasteiger partial charge on any atom is -0.508 e. The van der Waals surface area contributed by atoms with Gasteiger partial charge in [0.1, 0.15) is 5.75 Å². The maximum absolute atomic E-state index is 9.45. The third-order valence-electron chi connectivity index (χ3n) is 1.79. The molecule has 1 aromatic rings. The van der Waals surface area contributed by atoms with Crippen molar-refractivity contribution in [3.8, 4) is 5.75 Å². The number of nitrogens with zero attached hydrogens (tertiary/aromatic N) is 1. The fourth-order valence-corrected chi connectivity index (χ4v) is 1.23. The average molecular weight is 193 g/mol. The maximum Gasteiger partial charge on any atom is 0.118 e. The van der Waals surface area contributed by atoms with Gasteiger partial charge in [-0.25, -0.2) is 4.99 Å². The second kappa shape index (κ2) is 4.75. The molecule has 0 amide bonds. The van der Waals surface area contributed by atoms with E-state index < -0.39 is 0 Å². The van der Waals surface area contributed by atoms with Crippen LogP contribution in [-0.4, -0.2) is 16.8 Å². The minimum absolute atomic E-state index is 0.324. The normalized spacial score (nSPS) is 9.31. The van der Waals surface area contributed by atoms with E-state index in [1.807, 2.05) is 19.1 Å². The highest BCUT2D eigenvalue weighted by Gasteiger charge is 1.99. The highest BCUT2D eigenvalue weighted by Crippen LogP contribution is 2.18. The number of hydrogen-bond acceptors (Lipinski definition) is 3. The molecule has 0 bridgehead atoms. The van der Waals surface area contributed by atoms with Gasteiger partial charge in [-0.05, 0) is 37.2 Å². The van der Waals surface area contributed by atoms with Crippen LogP contribution in [0.2, 0.25) is 0 Å². The molecule has 1 aromatic carbocycles. The standard InChI is InChI=1S/C10H11NOS/c1-8-2-3-10(12)9(6-8)4-5-11-7-13/h2-3,6,12H,4-5H2,1H3. The van der Waals surface area contributed by atoms with E-state index in [0.717, 1.165) is 11.1 Å². The van der Waals surface area contributed by atoms with Gasteiger partial charge in [0.2, 0.25) is 0 Å². The largest absolute Gasteiger partial charge is 0.508 e. The van der Waals surface area contributed by atoms with E-state index in [0.29, 0.717) is 18.7 Å². The van der Waals surface area contributed by atoms with Crippen molar-refractivity contribution < 1.29 is 5.11 Å². The number of hydrogen-bond donors (Lipinski definition) is 1. The van der Waals surface area contributed by atoms with Crippen LogP contribution < -0.4 is 0 Å². The Kier molecular flexibility index (Phi) is 3.62. The molecule has 0 saturated carbocycles. The number of rotatable bonds is 3. The van der Waals surface area contributed by atoms with E-state index in [9.17, 15) is 5.11 Å². The zero-order valence-corrected chi connectivity index (χ0v) is 8.27. The molecule has 0 aromatic heterocycles. The van der Waals surface area contributed by atoms with Gasteiger partial charge in [0.25, 0.3) is 0 Å². The molecule has 0 aliphatic heterocycles. The number of isothiocyanates is 1. The van der Waals surface area contributed by atoms with Crippen LogP contribution in [0.3, 0.4) is 0 Å². The quantitative estimate of drug-likeness (QED) is 0.590. The summed E-state index contributed by atoms with van der Waals surface area (Å²) >= 11 is 4.45. The average Bonchev–Trinajstić information content (AvgIpc) is 2.11. The number of phenolic OH excluding ortho intramolecular Hbond substituents is 1. The lowest BCUT2D eigenvalue weighted by molar-refractivity contribution is 0.468. The van der Waals surface area contributed by atoms with Crippen LogP contribution in [0.25, 0.3) is 0 Å². The van der Waals surface area contributed by atoms with Crippen LogP contribution in [0.4, 0.5) is 0 Å².